The first-order chi connectivity index (χ1) is 13.4. The standard InChI is InChI=1S/C21H26N2O5/c1-5-6-10-28-21(26)16-12-18(19(24)22-3)20(25)23(13-16)14(2)15-8-7-9-17(11-15)27-4/h7-9,11-14H,5-6,10H2,1-4H3,(H,22,24)/t14-/m0/s1. The Morgan fingerprint density at radius 1 is 1.25 bits per heavy atom. The Kier molecular flexibility index (Phi) is 7.37. The van der Waals surface area contributed by atoms with Crippen molar-refractivity contribution in [3.63, 3.8) is 0 Å². The summed E-state index contributed by atoms with van der Waals surface area (Å²) in [6.07, 6.45) is 3.07. The monoisotopic (exact) mass is 386 g/mol. The molecule has 2 aromatic rings. The topological polar surface area (TPSA) is 86.6 Å². The molecule has 0 spiro atoms. The highest BCUT2D eigenvalue weighted by Crippen LogP contribution is 2.22. The molecule has 0 bridgehead atoms. The fourth-order valence-corrected chi connectivity index (χ4v) is 2.75. The largest absolute Gasteiger partial charge is 0.497 e. The molecule has 1 atom stereocenters. The Hall–Kier alpha value is -3.09. The molecule has 1 amide bonds. The predicted molar refractivity (Wildman–Crippen MR) is 106 cm³/mol. The number of rotatable bonds is 8. The van der Waals surface area contributed by atoms with Crippen molar-refractivity contribution in [2.45, 2.75) is 32.7 Å². The van der Waals surface area contributed by atoms with Crippen LogP contribution in [0.1, 0.15) is 59.0 Å². The van der Waals surface area contributed by atoms with Gasteiger partial charge in [-0.2, -0.15) is 0 Å². The maximum atomic E-state index is 12.9. The molecule has 7 nitrogen and oxygen atoms in total. The summed E-state index contributed by atoms with van der Waals surface area (Å²) in [5.41, 5.74) is 0.367. The van der Waals surface area contributed by atoms with Gasteiger partial charge in [-0.25, -0.2) is 4.79 Å². The van der Waals surface area contributed by atoms with Crippen LogP contribution in [0.25, 0.3) is 0 Å². The SMILES string of the molecule is CCCCOC(=O)c1cc(C(=O)NC)c(=O)n([C@@H](C)c2cccc(OC)c2)c1. The van der Waals surface area contributed by atoms with E-state index < -0.39 is 23.5 Å². The maximum Gasteiger partial charge on any atom is 0.339 e. The Morgan fingerprint density at radius 2 is 2.00 bits per heavy atom. The highest BCUT2D eigenvalue weighted by Gasteiger charge is 2.20. The zero-order valence-corrected chi connectivity index (χ0v) is 16.7. The van der Waals surface area contributed by atoms with E-state index in [4.69, 9.17) is 9.47 Å². The van der Waals surface area contributed by atoms with Crippen molar-refractivity contribution in [2.75, 3.05) is 20.8 Å². The second-order valence-electron chi connectivity index (χ2n) is 6.38. The zero-order chi connectivity index (χ0) is 20.7. The van der Waals surface area contributed by atoms with Gasteiger partial charge in [0.2, 0.25) is 0 Å². The van der Waals surface area contributed by atoms with Crippen LogP contribution < -0.4 is 15.6 Å². The lowest BCUT2D eigenvalue weighted by Crippen LogP contribution is -2.34. The first-order valence-electron chi connectivity index (χ1n) is 9.22. The van der Waals surface area contributed by atoms with Crippen molar-refractivity contribution >= 4 is 11.9 Å². The minimum Gasteiger partial charge on any atom is -0.497 e. The van der Waals surface area contributed by atoms with Gasteiger partial charge in [0.05, 0.1) is 25.3 Å². The lowest BCUT2D eigenvalue weighted by molar-refractivity contribution is 0.0498. The van der Waals surface area contributed by atoms with Crippen molar-refractivity contribution in [3.05, 3.63) is 63.6 Å². The summed E-state index contributed by atoms with van der Waals surface area (Å²) >= 11 is 0. The molecular formula is C21H26N2O5. The lowest BCUT2D eigenvalue weighted by Gasteiger charge is -2.18. The maximum absolute atomic E-state index is 12.9. The van der Waals surface area contributed by atoms with Crippen molar-refractivity contribution in [1.29, 1.82) is 0 Å². The molecule has 0 radical (unpaired) electrons. The normalized spacial score (nSPS) is 11.6. The summed E-state index contributed by atoms with van der Waals surface area (Å²) < 4.78 is 11.9. The van der Waals surface area contributed by atoms with Crippen molar-refractivity contribution in [1.82, 2.24) is 9.88 Å². The summed E-state index contributed by atoms with van der Waals surface area (Å²) in [7, 11) is 3.00. The van der Waals surface area contributed by atoms with Crippen LogP contribution in [0.3, 0.4) is 0 Å². The third-order valence-corrected chi connectivity index (χ3v) is 4.47. The van der Waals surface area contributed by atoms with E-state index in [1.165, 1.54) is 23.9 Å². The van der Waals surface area contributed by atoms with Crippen LogP contribution in [0.5, 0.6) is 5.75 Å². The van der Waals surface area contributed by atoms with Crippen molar-refractivity contribution in [3.8, 4) is 5.75 Å². The van der Waals surface area contributed by atoms with Gasteiger partial charge in [0.1, 0.15) is 11.3 Å². The fraction of sp³-hybridized carbons (Fsp3) is 0.381. The highest BCUT2D eigenvalue weighted by molar-refractivity contribution is 5.97. The molecule has 1 aromatic heterocycles. The Labute approximate surface area is 164 Å². The predicted octanol–water partition coefficient (Wildman–Crippen LogP) is 2.78. The van der Waals surface area contributed by atoms with Crippen molar-refractivity contribution < 1.29 is 19.1 Å². The molecule has 1 heterocycles. The van der Waals surface area contributed by atoms with Crippen LogP contribution in [0.2, 0.25) is 0 Å². The third kappa shape index (κ3) is 4.79. The number of methoxy groups -OCH3 is 1. The second-order valence-corrected chi connectivity index (χ2v) is 6.38. The average Bonchev–Trinajstić information content (AvgIpc) is 2.72. The van der Waals surface area contributed by atoms with Gasteiger partial charge < -0.3 is 19.4 Å². The summed E-state index contributed by atoms with van der Waals surface area (Å²) in [6, 6.07) is 8.14. The number of ether oxygens (including phenoxy) is 2. The van der Waals surface area contributed by atoms with E-state index in [1.807, 2.05) is 32.0 Å². The Bertz CT molecular complexity index is 904. The van der Waals surface area contributed by atoms with Gasteiger partial charge in [0.25, 0.3) is 11.5 Å². The third-order valence-electron chi connectivity index (χ3n) is 4.47. The molecule has 1 aromatic carbocycles. The molecule has 0 unspecified atom stereocenters. The number of nitrogens with zero attached hydrogens (tertiary/aromatic N) is 1. The molecule has 0 aliphatic heterocycles. The molecular weight excluding hydrogens is 360 g/mol. The number of esters is 1. The van der Waals surface area contributed by atoms with E-state index in [2.05, 4.69) is 5.32 Å². The quantitative estimate of drug-likeness (QED) is 0.557. The number of benzene rings is 1. The van der Waals surface area contributed by atoms with Crippen LogP contribution in [0.15, 0.2) is 41.3 Å². The molecule has 0 fully saturated rings. The van der Waals surface area contributed by atoms with E-state index >= 15 is 0 Å². The number of hydrogen-bond acceptors (Lipinski definition) is 5. The Balaban J connectivity index is 2.51. The van der Waals surface area contributed by atoms with Crippen LogP contribution >= 0.6 is 0 Å². The first-order valence-corrected chi connectivity index (χ1v) is 9.22. The van der Waals surface area contributed by atoms with Gasteiger partial charge >= 0.3 is 5.97 Å². The number of pyridine rings is 1. The van der Waals surface area contributed by atoms with Gasteiger partial charge in [-0.05, 0) is 37.1 Å². The van der Waals surface area contributed by atoms with Crippen LogP contribution in [-0.2, 0) is 4.74 Å². The van der Waals surface area contributed by atoms with Crippen molar-refractivity contribution in [2.24, 2.45) is 0 Å². The van der Waals surface area contributed by atoms with Crippen LogP contribution in [-0.4, -0.2) is 37.2 Å². The number of nitrogens with one attached hydrogen (secondary N) is 1. The Morgan fingerprint density at radius 3 is 2.64 bits per heavy atom. The first kappa shape index (κ1) is 21.2. The van der Waals surface area contributed by atoms with Gasteiger partial charge in [-0.15, -0.1) is 0 Å². The van der Waals surface area contributed by atoms with E-state index in [1.54, 1.807) is 13.2 Å². The summed E-state index contributed by atoms with van der Waals surface area (Å²) in [5, 5.41) is 2.44. The zero-order valence-electron chi connectivity index (χ0n) is 16.7. The molecule has 1 N–H and O–H groups in total. The number of hydrogen-bond donors (Lipinski definition) is 1. The average molecular weight is 386 g/mol. The smallest absolute Gasteiger partial charge is 0.339 e. The molecule has 0 saturated carbocycles. The summed E-state index contributed by atoms with van der Waals surface area (Å²) in [6.45, 7) is 4.10. The minimum atomic E-state index is -0.565. The van der Waals surface area contributed by atoms with E-state index in [0.29, 0.717) is 5.75 Å². The fourth-order valence-electron chi connectivity index (χ4n) is 2.75. The summed E-state index contributed by atoms with van der Waals surface area (Å²) in [4.78, 5) is 37.5. The number of carbonyl (C=O) groups excluding carboxylic acids is 2. The molecule has 150 valence electrons. The van der Waals surface area contributed by atoms with Gasteiger partial charge in [-0.3, -0.25) is 9.59 Å². The number of aromatic nitrogens is 1. The number of amides is 1. The second kappa shape index (κ2) is 9.73. The molecule has 0 aliphatic rings. The van der Waals surface area contributed by atoms with Crippen LogP contribution in [0.4, 0.5) is 0 Å². The molecule has 28 heavy (non-hydrogen) atoms. The van der Waals surface area contributed by atoms with E-state index in [-0.39, 0.29) is 17.7 Å². The molecule has 2 rings (SSSR count). The van der Waals surface area contributed by atoms with Crippen LogP contribution in [0, 0.1) is 0 Å². The van der Waals surface area contributed by atoms with Gasteiger partial charge in [0, 0.05) is 13.2 Å². The van der Waals surface area contributed by atoms with Gasteiger partial charge in [-0.1, -0.05) is 25.5 Å². The molecule has 7 heteroatoms. The van der Waals surface area contributed by atoms with E-state index in [9.17, 15) is 14.4 Å². The van der Waals surface area contributed by atoms with Gasteiger partial charge in [0.15, 0.2) is 0 Å². The van der Waals surface area contributed by atoms with E-state index in [0.717, 1.165) is 18.4 Å². The summed E-state index contributed by atoms with van der Waals surface area (Å²) in [5.74, 6) is -0.468. The number of unbranched alkanes of at least 4 members (excludes halogenated alkanes) is 1. The lowest BCUT2D eigenvalue weighted by atomic mass is 10.1. The number of carbonyl (C=O) groups is 2. The molecule has 0 aliphatic carbocycles. The minimum absolute atomic E-state index is 0.109. The molecule has 0 saturated heterocycles. The highest BCUT2D eigenvalue weighted by atomic mass is 16.5.